The minimum atomic E-state index is 0.0900. The molecular weight excluding hydrogens is 306 g/mol. The van der Waals surface area contributed by atoms with E-state index in [1.165, 1.54) is 0 Å². The van der Waals surface area contributed by atoms with E-state index in [1.54, 1.807) is 28.4 Å². The van der Waals surface area contributed by atoms with Gasteiger partial charge in [-0.15, -0.1) is 0 Å². The van der Waals surface area contributed by atoms with Crippen molar-refractivity contribution in [3.8, 4) is 23.0 Å². The Morgan fingerprint density at radius 2 is 1.42 bits per heavy atom. The van der Waals surface area contributed by atoms with Gasteiger partial charge >= 0.3 is 0 Å². The Hall–Kier alpha value is -2.40. The van der Waals surface area contributed by atoms with Gasteiger partial charge < -0.3 is 24.3 Å². The van der Waals surface area contributed by atoms with E-state index in [2.05, 4.69) is 12.2 Å². The average molecular weight is 331 g/mol. The Morgan fingerprint density at radius 1 is 0.792 bits per heavy atom. The first kappa shape index (κ1) is 17.9. The lowest BCUT2D eigenvalue weighted by atomic mass is 10.1. The number of ether oxygens (including phenoxy) is 4. The van der Waals surface area contributed by atoms with Crippen molar-refractivity contribution in [1.29, 1.82) is 0 Å². The molecule has 1 N–H and O–H groups in total. The molecule has 0 radical (unpaired) electrons. The van der Waals surface area contributed by atoms with Crippen molar-refractivity contribution in [3.63, 3.8) is 0 Å². The number of methoxy groups -OCH3 is 4. The van der Waals surface area contributed by atoms with Crippen LogP contribution in [0.25, 0.3) is 0 Å². The smallest absolute Gasteiger partial charge is 0.123 e. The van der Waals surface area contributed by atoms with Gasteiger partial charge in [-0.05, 0) is 42.8 Å². The predicted octanol–water partition coefficient (Wildman–Crippen LogP) is 3.57. The Morgan fingerprint density at radius 3 is 1.96 bits per heavy atom. The van der Waals surface area contributed by atoms with Gasteiger partial charge in [-0.2, -0.15) is 0 Å². The lowest BCUT2D eigenvalue weighted by Gasteiger charge is -2.19. The van der Waals surface area contributed by atoms with E-state index in [9.17, 15) is 0 Å². The lowest BCUT2D eigenvalue weighted by Crippen LogP contribution is -2.19. The summed E-state index contributed by atoms with van der Waals surface area (Å²) in [5, 5.41) is 3.50. The second-order valence-corrected chi connectivity index (χ2v) is 5.43. The Labute approximate surface area is 143 Å². The Kier molecular flexibility index (Phi) is 6.32. The van der Waals surface area contributed by atoms with Crippen LogP contribution in [0.5, 0.6) is 23.0 Å². The van der Waals surface area contributed by atoms with Crippen molar-refractivity contribution in [2.24, 2.45) is 0 Å². The van der Waals surface area contributed by atoms with E-state index in [0.717, 1.165) is 34.1 Å². The van der Waals surface area contributed by atoms with Gasteiger partial charge in [-0.1, -0.05) is 0 Å². The molecule has 0 fully saturated rings. The molecule has 5 heteroatoms. The minimum absolute atomic E-state index is 0.0900. The maximum absolute atomic E-state index is 5.46. The lowest BCUT2D eigenvalue weighted by molar-refractivity contribution is 0.389. The molecule has 0 amide bonds. The zero-order valence-electron chi connectivity index (χ0n) is 14.9. The van der Waals surface area contributed by atoms with Crippen molar-refractivity contribution in [2.75, 3.05) is 28.4 Å². The van der Waals surface area contributed by atoms with Crippen LogP contribution in [-0.2, 0) is 6.54 Å². The number of nitrogens with one attached hydrogen (secondary N) is 1. The zero-order valence-corrected chi connectivity index (χ0v) is 14.9. The van der Waals surface area contributed by atoms with Crippen molar-refractivity contribution in [2.45, 2.75) is 19.5 Å². The maximum atomic E-state index is 5.46. The number of hydrogen-bond acceptors (Lipinski definition) is 5. The first-order chi connectivity index (χ1) is 11.6. The van der Waals surface area contributed by atoms with Gasteiger partial charge in [0.05, 0.1) is 28.4 Å². The van der Waals surface area contributed by atoms with Gasteiger partial charge in [0, 0.05) is 24.2 Å². The summed E-state index contributed by atoms with van der Waals surface area (Å²) in [4.78, 5) is 0. The molecule has 24 heavy (non-hydrogen) atoms. The first-order valence-electron chi connectivity index (χ1n) is 7.78. The average Bonchev–Trinajstić information content (AvgIpc) is 2.64. The molecule has 0 aliphatic heterocycles. The second-order valence-electron chi connectivity index (χ2n) is 5.43. The summed E-state index contributed by atoms with van der Waals surface area (Å²) in [6, 6.07) is 11.7. The molecule has 0 saturated heterocycles. The van der Waals surface area contributed by atoms with Crippen LogP contribution < -0.4 is 24.3 Å². The van der Waals surface area contributed by atoms with E-state index >= 15 is 0 Å². The summed E-state index contributed by atoms with van der Waals surface area (Å²) in [6.07, 6.45) is 0. The van der Waals surface area contributed by atoms with Crippen LogP contribution in [0.4, 0.5) is 0 Å². The molecule has 2 aromatic carbocycles. The summed E-state index contributed by atoms with van der Waals surface area (Å²) >= 11 is 0. The monoisotopic (exact) mass is 331 g/mol. The highest BCUT2D eigenvalue weighted by molar-refractivity contribution is 5.42. The third-order valence-corrected chi connectivity index (χ3v) is 3.93. The molecule has 5 nitrogen and oxygen atoms in total. The van der Waals surface area contributed by atoms with Crippen molar-refractivity contribution in [1.82, 2.24) is 5.32 Å². The highest BCUT2D eigenvalue weighted by Gasteiger charge is 2.13. The van der Waals surface area contributed by atoms with Crippen LogP contribution in [0.15, 0.2) is 36.4 Å². The van der Waals surface area contributed by atoms with E-state index in [1.807, 2.05) is 36.4 Å². The normalized spacial score (nSPS) is 11.7. The van der Waals surface area contributed by atoms with Crippen LogP contribution in [0, 0.1) is 0 Å². The van der Waals surface area contributed by atoms with Gasteiger partial charge in [0.15, 0.2) is 0 Å². The Balaban J connectivity index is 2.14. The van der Waals surface area contributed by atoms with Gasteiger partial charge in [0.1, 0.15) is 23.0 Å². The van der Waals surface area contributed by atoms with Gasteiger partial charge in [-0.3, -0.25) is 0 Å². The first-order valence-corrected chi connectivity index (χ1v) is 7.78. The zero-order chi connectivity index (χ0) is 17.5. The minimum Gasteiger partial charge on any atom is -0.497 e. The molecule has 130 valence electrons. The maximum Gasteiger partial charge on any atom is 0.123 e. The third kappa shape index (κ3) is 4.32. The summed E-state index contributed by atoms with van der Waals surface area (Å²) in [5.74, 6) is 3.19. The Bertz CT molecular complexity index is 650. The van der Waals surface area contributed by atoms with Gasteiger partial charge in [-0.25, -0.2) is 0 Å². The van der Waals surface area contributed by atoms with E-state index < -0.39 is 0 Å². The molecular formula is C19H25NO4. The number of benzene rings is 2. The molecule has 0 bridgehead atoms. The van der Waals surface area contributed by atoms with Crippen LogP contribution in [-0.4, -0.2) is 28.4 Å². The molecule has 2 rings (SSSR count). The molecule has 1 atom stereocenters. The number of hydrogen-bond donors (Lipinski definition) is 1. The highest BCUT2D eigenvalue weighted by atomic mass is 16.5. The van der Waals surface area contributed by atoms with E-state index in [-0.39, 0.29) is 6.04 Å². The summed E-state index contributed by atoms with van der Waals surface area (Å²) in [5.41, 5.74) is 2.13. The van der Waals surface area contributed by atoms with Crippen LogP contribution in [0.3, 0.4) is 0 Å². The van der Waals surface area contributed by atoms with E-state index in [0.29, 0.717) is 6.54 Å². The van der Waals surface area contributed by atoms with Gasteiger partial charge in [0.2, 0.25) is 0 Å². The van der Waals surface area contributed by atoms with Crippen molar-refractivity contribution < 1.29 is 18.9 Å². The third-order valence-electron chi connectivity index (χ3n) is 3.93. The SMILES string of the molecule is COc1cc(CN[C@@H](C)c2cc(OC)ccc2OC)cc(OC)c1. The fourth-order valence-electron chi connectivity index (χ4n) is 2.53. The molecule has 0 saturated carbocycles. The molecule has 0 aliphatic carbocycles. The predicted molar refractivity (Wildman–Crippen MR) is 94.3 cm³/mol. The molecule has 2 aromatic rings. The molecule has 0 aliphatic rings. The quantitative estimate of drug-likeness (QED) is 0.801. The molecule has 0 spiro atoms. The topological polar surface area (TPSA) is 49.0 Å². The number of rotatable bonds is 8. The molecule has 0 heterocycles. The second kappa shape index (κ2) is 8.45. The van der Waals surface area contributed by atoms with E-state index in [4.69, 9.17) is 18.9 Å². The van der Waals surface area contributed by atoms with Crippen molar-refractivity contribution in [3.05, 3.63) is 47.5 Å². The highest BCUT2D eigenvalue weighted by Crippen LogP contribution is 2.30. The molecule has 0 unspecified atom stereocenters. The molecule has 0 aromatic heterocycles. The largest absolute Gasteiger partial charge is 0.497 e. The van der Waals surface area contributed by atoms with Gasteiger partial charge in [0.25, 0.3) is 0 Å². The standard InChI is InChI=1S/C19H25NO4/c1-13(18-11-15(21-2)6-7-19(18)24-5)20-12-14-8-16(22-3)10-17(9-14)23-4/h6-11,13,20H,12H2,1-5H3/t13-/m0/s1. The van der Waals surface area contributed by atoms with Crippen LogP contribution in [0.2, 0.25) is 0 Å². The summed E-state index contributed by atoms with van der Waals surface area (Å²) in [6.45, 7) is 2.77. The summed E-state index contributed by atoms with van der Waals surface area (Å²) < 4.78 is 21.4. The fraction of sp³-hybridized carbons (Fsp3) is 0.368. The van der Waals surface area contributed by atoms with Crippen LogP contribution >= 0.6 is 0 Å². The van der Waals surface area contributed by atoms with Crippen LogP contribution in [0.1, 0.15) is 24.1 Å². The fourth-order valence-corrected chi connectivity index (χ4v) is 2.53. The van der Waals surface area contributed by atoms with Crippen molar-refractivity contribution >= 4 is 0 Å². The summed E-state index contributed by atoms with van der Waals surface area (Å²) in [7, 11) is 6.63.